The smallest absolute Gasteiger partial charge is 0.252 e. The number of aliphatic imine (C=N–C) groups is 1. The molecule has 2 atom stereocenters. The minimum atomic E-state index is -0.985. The molecule has 1 heterocycles. The van der Waals surface area contributed by atoms with Crippen molar-refractivity contribution < 1.29 is 19.4 Å². The lowest BCUT2D eigenvalue weighted by atomic mass is 9.89. The maximum Gasteiger partial charge on any atom is 0.252 e. The fourth-order valence-electron chi connectivity index (χ4n) is 2.94. The van der Waals surface area contributed by atoms with Crippen LogP contribution < -0.4 is 10.1 Å². The molecule has 0 radical (unpaired) electrons. The van der Waals surface area contributed by atoms with Crippen LogP contribution in [-0.2, 0) is 9.53 Å². The van der Waals surface area contributed by atoms with E-state index < -0.39 is 5.54 Å². The molecule has 0 aromatic heterocycles. The number of nitrogens with zero attached hydrogens (tertiary/aromatic N) is 1. The Labute approximate surface area is 161 Å². The van der Waals surface area contributed by atoms with Gasteiger partial charge in [0.1, 0.15) is 11.9 Å². The van der Waals surface area contributed by atoms with Crippen LogP contribution in [0.4, 0.5) is 0 Å². The number of aliphatic hydroxyl groups excluding tert-OH is 1. The summed E-state index contributed by atoms with van der Waals surface area (Å²) in [6.45, 7) is 8.94. The highest BCUT2D eigenvalue weighted by Crippen LogP contribution is 2.32. The fraction of sp³-hybridized carbons (Fsp3) is 0.524. The quantitative estimate of drug-likeness (QED) is 0.461. The summed E-state index contributed by atoms with van der Waals surface area (Å²) in [6.07, 6.45) is 4.28. The second kappa shape index (κ2) is 10.1. The molecule has 0 saturated carbocycles. The first-order valence-electron chi connectivity index (χ1n) is 9.57. The Bertz CT molecular complexity index is 657. The highest BCUT2D eigenvalue weighted by molar-refractivity contribution is 6.00. The van der Waals surface area contributed by atoms with Crippen LogP contribution in [0.1, 0.15) is 45.1 Å². The monoisotopic (exact) mass is 374 g/mol. The molecule has 1 aromatic carbocycles. The molecule has 1 aliphatic rings. The minimum absolute atomic E-state index is 0.103. The second-order valence-electron chi connectivity index (χ2n) is 6.65. The summed E-state index contributed by atoms with van der Waals surface area (Å²) in [6, 6.07) is 7.38. The number of carbonyl (C=O) groups is 1. The largest absolute Gasteiger partial charge is 0.494 e. The lowest BCUT2D eigenvalue weighted by molar-refractivity contribution is -0.128. The van der Waals surface area contributed by atoms with Gasteiger partial charge in [0, 0.05) is 31.6 Å². The third kappa shape index (κ3) is 5.10. The van der Waals surface area contributed by atoms with Gasteiger partial charge < -0.3 is 19.9 Å². The summed E-state index contributed by atoms with van der Waals surface area (Å²) in [4.78, 5) is 17.5. The molecule has 0 bridgehead atoms. The fourth-order valence-corrected chi connectivity index (χ4v) is 2.94. The van der Waals surface area contributed by atoms with Crippen LogP contribution in [0.25, 0.3) is 0 Å². The van der Waals surface area contributed by atoms with Crippen molar-refractivity contribution in [3.63, 3.8) is 0 Å². The maximum atomic E-state index is 12.8. The van der Waals surface area contributed by atoms with Gasteiger partial charge >= 0.3 is 0 Å². The Morgan fingerprint density at radius 1 is 1.41 bits per heavy atom. The number of unbranched alkanes of at least 4 members (excludes halogenated alkanes) is 1. The summed E-state index contributed by atoms with van der Waals surface area (Å²) >= 11 is 0. The number of rotatable bonds is 11. The topological polar surface area (TPSA) is 80.2 Å². The number of aliphatic hydroxyl groups is 1. The molecule has 27 heavy (non-hydrogen) atoms. The van der Waals surface area contributed by atoms with Gasteiger partial charge in [-0.3, -0.25) is 4.79 Å². The van der Waals surface area contributed by atoms with E-state index in [0.717, 1.165) is 18.4 Å². The maximum absolute atomic E-state index is 12.8. The van der Waals surface area contributed by atoms with Crippen molar-refractivity contribution >= 4 is 11.8 Å². The predicted octanol–water partition coefficient (Wildman–Crippen LogP) is 2.84. The standard InChI is InChI=1S/C21H30N2O4/c1-4-6-13-22-20(25)21(12-5-2)16(3)27-19(23-21)17-8-10-18(11-9-17)26-15-7-14-24/h5,8-11,16,24H,2,4,6-7,12-15H2,1,3H3,(H,22,25)/t16-,21-/m1/s1. The van der Waals surface area contributed by atoms with Crippen LogP contribution in [0.15, 0.2) is 41.9 Å². The molecule has 2 N–H and O–H groups in total. The molecule has 0 fully saturated rings. The number of hydrogen-bond acceptors (Lipinski definition) is 5. The average Bonchev–Trinajstić information content (AvgIpc) is 3.00. The molecular formula is C21H30N2O4. The molecule has 1 aliphatic heterocycles. The highest BCUT2D eigenvalue weighted by Gasteiger charge is 2.49. The average molecular weight is 374 g/mol. The minimum Gasteiger partial charge on any atom is -0.494 e. The highest BCUT2D eigenvalue weighted by atomic mass is 16.5. The molecule has 0 saturated heterocycles. The molecule has 0 spiro atoms. The number of nitrogens with one attached hydrogen (secondary N) is 1. The zero-order chi connectivity index (χ0) is 19.7. The second-order valence-corrected chi connectivity index (χ2v) is 6.65. The Morgan fingerprint density at radius 2 is 2.15 bits per heavy atom. The molecule has 6 heteroatoms. The van der Waals surface area contributed by atoms with Gasteiger partial charge in [-0.2, -0.15) is 0 Å². The van der Waals surface area contributed by atoms with Crippen molar-refractivity contribution in [1.82, 2.24) is 5.32 Å². The lowest BCUT2D eigenvalue weighted by Gasteiger charge is -2.26. The summed E-state index contributed by atoms with van der Waals surface area (Å²) < 4.78 is 11.5. The van der Waals surface area contributed by atoms with Crippen LogP contribution in [0.5, 0.6) is 5.75 Å². The van der Waals surface area contributed by atoms with E-state index in [9.17, 15) is 4.79 Å². The van der Waals surface area contributed by atoms with E-state index in [1.165, 1.54) is 0 Å². The number of carbonyl (C=O) groups excluding carboxylic acids is 1. The van der Waals surface area contributed by atoms with Crippen molar-refractivity contribution in [2.24, 2.45) is 4.99 Å². The molecule has 0 unspecified atom stereocenters. The summed E-state index contributed by atoms with van der Waals surface area (Å²) in [5.74, 6) is 1.05. The van der Waals surface area contributed by atoms with E-state index in [2.05, 4.69) is 23.8 Å². The molecule has 1 aromatic rings. The van der Waals surface area contributed by atoms with E-state index in [-0.39, 0.29) is 18.6 Å². The van der Waals surface area contributed by atoms with Gasteiger partial charge in [-0.25, -0.2) is 4.99 Å². The number of benzene rings is 1. The molecule has 0 aliphatic carbocycles. The number of hydrogen-bond donors (Lipinski definition) is 2. The third-order valence-electron chi connectivity index (χ3n) is 4.60. The van der Waals surface area contributed by atoms with E-state index in [1.54, 1.807) is 6.08 Å². The molecular weight excluding hydrogens is 344 g/mol. The van der Waals surface area contributed by atoms with Gasteiger partial charge in [0.15, 0.2) is 5.54 Å². The van der Waals surface area contributed by atoms with Crippen molar-refractivity contribution in [2.75, 3.05) is 19.8 Å². The predicted molar refractivity (Wildman–Crippen MR) is 106 cm³/mol. The molecule has 148 valence electrons. The summed E-state index contributed by atoms with van der Waals surface area (Å²) in [7, 11) is 0. The van der Waals surface area contributed by atoms with Crippen molar-refractivity contribution in [3.8, 4) is 5.75 Å². The van der Waals surface area contributed by atoms with Crippen molar-refractivity contribution in [3.05, 3.63) is 42.5 Å². The zero-order valence-corrected chi connectivity index (χ0v) is 16.2. The van der Waals surface area contributed by atoms with E-state index in [0.29, 0.717) is 37.6 Å². The van der Waals surface area contributed by atoms with Gasteiger partial charge in [0.05, 0.1) is 6.61 Å². The van der Waals surface area contributed by atoms with E-state index >= 15 is 0 Å². The molecule has 1 amide bonds. The van der Waals surface area contributed by atoms with Crippen molar-refractivity contribution in [2.45, 2.75) is 51.2 Å². The Morgan fingerprint density at radius 3 is 2.78 bits per heavy atom. The SMILES string of the molecule is C=CC[C@@]1(C(=O)NCCCC)N=C(c2ccc(OCCCO)cc2)O[C@@H]1C. The van der Waals surface area contributed by atoms with Crippen LogP contribution in [0, 0.1) is 0 Å². The summed E-state index contributed by atoms with van der Waals surface area (Å²) in [5, 5.41) is 11.8. The van der Waals surface area contributed by atoms with E-state index in [4.69, 9.17) is 14.6 Å². The Hall–Kier alpha value is -2.34. The van der Waals surface area contributed by atoms with Gasteiger partial charge in [0.2, 0.25) is 5.90 Å². The lowest BCUT2D eigenvalue weighted by Crippen LogP contribution is -2.50. The Balaban J connectivity index is 2.16. The first kappa shape index (κ1) is 21.0. The van der Waals surface area contributed by atoms with Crippen LogP contribution >= 0.6 is 0 Å². The normalized spacial score (nSPS) is 21.3. The number of ether oxygens (including phenoxy) is 2. The van der Waals surface area contributed by atoms with Gasteiger partial charge in [-0.15, -0.1) is 6.58 Å². The molecule has 6 nitrogen and oxygen atoms in total. The number of amides is 1. The van der Waals surface area contributed by atoms with Gasteiger partial charge in [0.25, 0.3) is 5.91 Å². The van der Waals surface area contributed by atoms with Crippen LogP contribution in [0.3, 0.4) is 0 Å². The Kier molecular flexibility index (Phi) is 7.85. The van der Waals surface area contributed by atoms with Gasteiger partial charge in [-0.1, -0.05) is 19.4 Å². The summed E-state index contributed by atoms with van der Waals surface area (Å²) in [5.41, 5.74) is -0.190. The van der Waals surface area contributed by atoms with E-state index in [1.807, 2.05) is 31.2 Å². The first-order valence-corrected chi connectivity index (χ1v) is 9.57. The van der Waals surface area contributed by atoms with Crippen LogP contribution in [0.2, 0.25) is 0 Å². The third-order valence-corrected chi connectivity index (χ3v) is 4.60. The molecule has 2 rings (SSSR count). The van der Waals surface area contributed by atoms with Crippen molar-refractivity contribution in [1.29, 1.82) is 0 Å². The first-order chi connectivity index (χ1) is 13.1. The zero-order valence-electron chi connectivity index (χ0n) is 16.2. The van der Waals surface area contributed by atoms with Crippen LogP contribution in [-0.4, -0.2) is 48.3 Å². The van der Waals surface area contributed by atoms with Gasteiger partial charge in [-0.05, 0) is 37.6 Å².